The molecule has 110 valence electrons. The molecule has 0 aliphatic carbocycles. The zero-order valence-corrected chi connectivity index (χ0v) is 12.4. The first-order valence-electron chi connectivity index (χ1n) is 5.99. The number of hydrogen-bond acceptors (Lipinski definition) is 3. The molecule has 0 heterocycles. The second-order valence-electron chi connectivity index (χ2n) is 4.55. The third kappa shape index (κ3) is 3.63. The Balaban J connectivity index is 3.02. The van der Waals surface area contributed by atoms with E-state index in [1.807, 2.05) is 0 Å². The fourth-order valence-electron chi connectivity index (χ4n) is 1.90. The number of amides is 1. The number of halogens is 2. The monoisotopic (exact) mass is 301 g/mol. The molecule has 1 atom stereocenters. The van der Waals surface area contributed by atoms with Crippen LogP contribution in [0.15, 0.2) is 12.1 Å². The van der Waals surface area contributed by atoms with Gasteiger partial charge in [-0.15, -0.1) is 0 Å². The number of nitrogens with two attached hydrogens (primary N) is 1. The maximum absolute atomic E-state index is 14.0. The highest BCUT2D eigenvalue weighted by Gasteiger charge is 2.20. The van der Waals surface area contributed by atoms with Gasteiger partial charge >= 0.3 is 0 Å². The van der Waals surface area contributed by atoms with Crippen molar-refractivity contribution in [1.82, 2.24) is 5.32 Å². The van der Waals surface area contributed by atoms with Crippen LogP contribution < -0.4 is 16.0 Å². The van der Waals surface area contributed by atoms with Crippen LogP contribution in [0.25, 0.3) is 0 Å². The lowest BCUT2D eigenvalue weighted by Gasteiger charge is -2.24. The number of hydrogen-bond donors (Lipinski definition) is 2. The van der Waals surface area contributed by atoms with Crippen molar-refractivity contribution in [2.24, 2.45) is 11.7 Å². The van der Waals surface area contributed by atoms with Gasteiger partial charge in [-0.05, 0) is 12.1 Å². The van der Waals surface area contributed by atoms with Crippen LogP contribution in [0.3, 0.4) is 0 Å². The van der Waals surface area contributed by atoms with Crippen LogP contribution >= 0.6 is 12.2 Å². The Morgan fingerprint density at radius 3 is 2.35 bits per heavy atom. The topological polar surface area (TPSA) is 58.4 Å². The van der Waals surface area contributed by atoms with E-state index < -0.39 is 17.6 Å². The molecule has 7 heteroatoms. The van der Waals surface area contributed by atoms with Crippen LogP contribution in [0.1, 0.15) is 12.5 Å². The van der Waals surface area contributed by atoms with Crippen molar-refractivity contribution in [2.45, 2.75) is 6.92 Å². The summed E-state index contributed by atoms with van der Waals surface area (Å²) in [5.41, 5.74) is 5.27. The molecule has 1 aromatic carbocycles. The summed E-state index contributed by atoms with van der Waals surface area (Å²) in [6.45, 7) is 1.86. The smallest absolute Gasteiger partial charge is 0.224 e. The van der Waals surface area contributed by atoms with Gasteiger partial charge < -0.3 is 16.0 Å². The molecule has 0 bridgehead atoms. The van der Waals surface area contributed by atoms with Gasteiger partial charge in [0.2, 0.25) is 5.91 Å². The number of nitrogens with zero attached hydrogens (tertiary/aromatic N) is 1. The van der Waals surface area contributed by atoms with E-state index in [2.05, 4.69) is 17.5 Å². The summed E-state index contributed by atoms with van der Waals surface area (Å²) in [5, 5.41) is 2.49. The van der Waals surface area contributed by atoms with Crippen LogP contribution in [0.2, 0.25) is 0 Å². The van der Waals surface area contributed by atoms with Crippen molar-refractivity contribution in [3.8, 4) is 0 Å². The van der Waals surface area contributed by atoms with Gasteiger partial charge in [-0.25, -0.2) is 8.78 Å². The molecule has 1 unspecified atom stereocenters. The highest BCUT2D eigenvalue weighted by atomic mass is 32.1. The van der Waals surface area contributed by atoms with Gasteiger partial charge in [0.1, 0.15) is 22.3 Å². The Morgan fingerprint density at radius 2 is 1.95 bits per heavy atom. The van der Waals surface area contributed by atoms with E-state index in [1.165, 1.54) is 19.0 Å². The Hall–Kier alpha value is -1.76. The van der Waals surface area contributed by atoms with E-state index in [-0.39, 0.29) is 28.7 Å². The van der Waals surface area contributed by atoms with Gasteiger partial charge in [-0.3, -0.25) is 4.79 Å². The number of rotatable bonds is 5. The average Bonchev–Trinajstić information content (AvgIpc) is 2.36. The highest BCUT2D eigenvalue weighted by Crippen LogP contribution is 2.24. The molecule has 0 aliphatic rings. The lowest BCUT2D eigenvalue weighted by atomic mass is 10.1. The Bertz CT molecular complexity index is 513. The molecule has 0 aromatic heterocycles. The van der Waals surface area contributed by atoms with E-state index >= 15 is 0 Å². The molecule has 1 aromatic rings. The number of thiocarbonyl (C=S) groups is 1. The van der Waals surface area contributed by atoms with Crippen molar-refractivity contribution in [3.63, 3.8) is 0 Å². The molecule has 0 fully saturated rings. The van der Waals surface area contributed by atoms with E-state index in [1.54, 1.807) is 6.92 Å². The lowest BCUT2D eigenvalue weighted by molar-refractivity contribution is -0.123. The number of carbonyl (C=O) groups is 1. The maximum Gasteiger partial charge on any atom is 0.224 e. The molecule has 0 spiro atoms. The molecule has 0 aliphatic heterocycles. The zero-order chi connectivity index (χ0) is 15.4. The Kier molecular flexibility index (Phi) is 5.38. The van der Waals surface area contributed by atoms with Gasteiger partial charge in [0.15, 0.2) is 0 Å². The summed E-state index contributed by atoms with van der Waals surface area (Å²) in [7, 11) is 3.03. The van der Waals surface area contributed by atoms with E-state index in [0.717, 1.165) is 12.1 Å². The van der Waals surface area contributed by atoms with Crippen LogP contribution in [-0.4, -0.2) is 31.5 Å². The van der Waals surface area contributed by atoms with Crippen molar-refractivity contribution in [2.75, 3.05) is 25.5 Å². The summed E-state index contributed by atoms with van der Waals surface area (Å²) in [6.07, 6.45) is 0. The first kappa shape index (κ1) is 16.3. The second kappa shape index (κ2) is 6.60. The quantitative estimate of drug-likeness (QED) is 0.808. The van der Waals surface area contributed by atoms with E-state index in [9.17, 15) is 13.6 Å². The molecular formula is C13H17F2N3OS. The molecule has 20 heavy (non-hydrogen) atoms. The molecular weight excluding hydrogens is 284 g/mol. The Labute approximate surface area is 121 Å². The number of anilines is 1. The third-order valence-corrected chi connectivity index (χ3v) is 3.16. The predicted molar refractivity (Wildman–Crippen MR) is 78.7 cm³/mol. The largest absolute Gasteiger partial charge is 0.389 e. The second-order valence-corrected chi connectivity index (χ2v) is 4.99. The zero-order valence-electron chi connectivity index (χ0n) is 11.5. The van der Waals surface area contributed by atoms with E-state index in [0.29, 0.717) is 0 Å². The Morgan fingerprint density at radius 1 is 1.45 bits per heavy atom. The molecule has 1 rings (SSSR count). The summed E-state index contributed by atoms with van der Waals surface area (Å²) in [4.78, 5) is 12.7. The van der Waals surface area contributed by atoms with Crippen LogP contribution in [0, 0.1) is 17.6 Å². The normalized spacial score (nSPS) is 11.8. The third-order valence-electron chi connectivity index (χ3n) is 2.92. The molecule has 0 saturated heterocycles. The van der Waals surface area contributed by atoms with Gasteiger partial charge in [-0.2, -0.15) is 0 Å². The fraction of sp³-hybridized carbons (Fsp3) is 0.385. The van der Waals surface area contributed by atoms with Gasteiger partial charge in [0.25, 0.3) is 0 Å². The molecule has 4 nitrogen and oxygen atoms in total. The van der Waals surface area contributed by atoms with Gasteiger partial charge in [-0.1, -0.05) is 19.1 Å². The first-order chi connectivity index (χ1) is 9.27. The van der Waals surface area contributed by atoms with E-state index in [4.69, 9.17) is 5.73 Å². The van der Waals surface area contributed by atoms with Crippen molar-refractivity contribution in [3.05, 3.63) is 29.3 Å². The SMILES string of the molecule is CNC(=O)C(C)CN(C)c1c(F)cc(C(N)=S)cc1F. The molecule has 3 N–H and O–H groups in total. The standard InChI is InChI=1S/C13H17F2N3OS/c1-7(13(19)17-2)6-18(3)11-9(14)4-8(12(16)20)5-10(11)15/h4-5,7H,6H2,1-3H3,(H2,16,20)(H,17,19). The molecule has 0 saturated carbocycles. The van der Waals surface area contributed by atoms with Gasteiger partial charge in [0.05, 0.1) is 5.92 Å². The van der Waals surface area contributed by atoms with Crippen LogP contribution in [0.4, 0.5) is 14.5 Å². The minimum Gasteiger partial charge on any atom is -0.389 e. The fourth-order valence-corrected chi connectivity index (χ4v) is 2.02. The predicted octanol–water partition coefficient (Wildman–Crippen LogP) is 1.42. The van der Waals surface area contributed by atoms with Crippen LogP contribution in [0.5, 0.6) is 0 Å². The maximum atomic E-state index is 14.0. The van der Waals surface area contributed by atoms with Crippen molar-refractivity contribution < 1.29 is 13.6 Å². The number of nitrogens with one attached hydrogen (secondary N) is 1. The van der Waals surface area contributed by atoms with Crippen molar-refractivity contribution >= 4 is 28.8 Å². The molecule has 1 amide bonds. The summed E-state index contributed by atoms with van der Waals surface area (Å²) >= 11 is 4.69. The summed E-state index contributed by atoms with van der Waals surface area (Å²) < 4.78 is 27.9. The minimum atomic E-state index is -0.764. The summed E-state index contributed by atoms with van der Waals surface area (Å²) in [6, 6.07) is 2.17. The first-order valence-corrected chi connectivity index (χ1v) is 6.40. The average molecular weight is 301 g/mol. The summed E-state index contributed by atoms with van der Waals surface area (Å²) in [5.74, 6) is -2.13. The van der Waals surface area contributed by atoms with Crippen molar-refractivity contribution in [1.29, 1.82) is 0 Å². The lowest BCUT2D eigenvalue weighted by Crippen LogP contribution is -2.35. The number of carbonyl (C=O) groups excluding carboxylic acids is 1. The van der Waals surface area contributed by atoms with Crippen LogP contribution in [-0.2, 0) is 4.79 Å². The van der Waals surface area contributed by atoms with Gasteiger partial charge in [0, 0.05) is 26.2 Å². The number of benzene rings is 1. The highest BCUT2D eigenvalue weighted by molar-refractivity contribution is 7.80. The minimum absolute atomic E-state index is 0.0734. The molecule has 0 radical (unpaired) electrons.